The van der Waals surface area contributed by atoms with E-state index in [9.17, 15) is 0 Å². The third-order valence-corrected chi connectivity index (χ3v) is 7.88. The third kappa shape index (κ3) is 3.75. The minimum atomic E-state index is 0.535. The lowest BCUT2D eigenvalue weighted by atomic mass is 10.2. The number of thioether (sulfide) groups is 1. The average molecular weight is 472 g/mol. The summed E-state index contributed by atoms with van der Waals surface area (Å²) in [6.45, 7) is 6.09. The molecule has 1 fully saturated rings. The molecule has 2 N–H and O–H groups in total. The van der Waals surface area contributed by atoms with E-state index in [1.54, 1.807) is 11.3 Å². The van der Waals surface area contributed by atoms with Crippen LogP contribution < -0.4 is 10.6 Å². The van der Waals surface area contributed by atoms with Gasteiger partial charge in [0.1, 0.15) is 16.5 Å². The Morgan fingerprint density at radius 1 is 1.13 bits per heavy atom. The van der Waals surface area contributed by atoms with Gasteiger partial charge >= 0.3 is 0 Å². The van der Waals surface area contributed by atoms with Crippen LogP contribution in [0.2, 0.25) is 5.02 Å². The molecule has 0 unspecified atom stereocenters. The zero-order chi connectivity index (χ0) is 21.5. The highest BCUT2D eigenvalue weighted by Gasteiger charge is 2.24. The van der Waals surface area contributed by atoms with Crippen molar-refractivity contribution in [2.75, 3.05) is 23.7 Å². The standard InChI is InChI=1S/C21H22ClN7S2/c1-12-13(2)31-19-17(12)18(23)24-16(25-19)11-30-21-27-26-20(28-9-5-6-10-28)29(21)15-8-4-3-7-14(15)22/h3-4,7-8H,5-6,9-11H2,1-2H3,(H2,23,24,25). The fourth-order valence-electron chi connectivity index (χ4n) is 3.84. The van der Waals surface area contributed by atoms with E-state index in [-0.39, 0.29) is 0 Å². The molecule has 160 valence electrons. The summed E-state index contributed by atoms with van der Waals surface area (Å²) in [5, 5.41) is 11.4. The fourth-order valence-corrected chi connectivity index (χ4v) is 5.91. The largest absolute Gasteiger partial charge is 0.383 e. The Labute approximate surface area is 193 Å². The molecule has 7 nitrogen and oxygen atoms in total. The Hall–Kier alpha value is -2.36. The monoisotopic (exact) mass is 471 g/mol. The summed E-state index contributed by atoms with van der Waals surface area (Å²) in [5.41, 5.74) is 8.29. The van der Waals surface area contributed by atoms with Crippen LogP contribution in [-0.2, 0) is 5.75 Å². The zero-order valence-electron chi connectivity index (χ0n) is 17.3. The number of aromatic nitrogens is 5. The van der Waals surface area contributed by atoms with Crippen molar-refractivity contribution in [2.45, 2.75) is 37.6 Å². The van der Waals surface area contributed by atoms with Crippen LogP contribution >= 0.6 is 34.7 Å². The highest BCUT2D eigenvalue weighted by Crippen LogP contribution is 2.35. The molecule has 0 amide bonds. The highest BCUT2D eigenvalue weighted by molar-refractivity contribution is 7.98. The van der Waals surface area contributed by atoms with E-state index in [4.69, 9.17) is 22.3 Å². The minimum Gasteiger partial charge on any atom is -0.383 e. The van der Waals surface area contributed by atoms with Gasteiger partial charge in [-0.05, 0) is 44.4 Å². The number of thiophene rings is 1. The van der Waals surface area contributed by atoms with Crippen LogP contribution in [0.3, 0.4) is 0 Å². The maximum atomic E-state index is 6.54. The first-order valence-corrected chi connectivity index (χ1v) is 12.3. The van der Waals surface area contributed by atoms with Crippen LogP contribution in [0.4, 0.5) is 11.8 Å². The van der Waals surface area contributed by atoms with Crippen molar-refractivity contribution >= 4 is 56.7 Å². The number of rotatable bonds is 5. The number of hydrogen-bond donors (Lipinski definition) is 1. The lowest BCUT2D eigenvalue weighted by Crippen LogP contribution is -2.22. The first kappa shape index (κ1) is 20.5. The van der Waals surface area contributed by atoms with Gasteiger partial charge in [-0.2, -0.15) is 0 Å². The Bertz CT molecular complexity index is 1260. The molecule has 1 aliphatic heterocycles. The molecule has 0 radical (unpaired) electrons. The number of nitrogens with two attached hydrogens (primary N) is 1. The molecule has 4 aromatic rings. The molecule has 1 aliphatic rings. The smallest absolute Gasteiger partial charge is 0.232 e. The Kier molecular flexibility index (Phi) is 5.49. The molecule has 4 heterocycles. The van der Waals surface area contributed by atoms with Gasteiger partial charge in [-0.15, -0.1) is 21.5 Å². The third-order valence-electron chi connectivity index (χ3n) is 5.53. The summed E-state index contributed by atoms with van der Waals surface area (Å²) >= 11 is 9.74. The molecule has 1 aromatic carbocycles. The molecular weight excluding hydrogens is 450 g/mol. The summed E-state index contributed by atoms with van der Waals surface area (Å²) in [5.74, 6) is 2.59. The van der Waals surface area contributed by atoms with E-state index in [0.29, 0.717) is 22.4 Å². The normalized spacial score (nSPS) is 14.1. The van der Waals surface area contributed by atoms with Crippen LogP contribution in [-0.4, -0.2) is 37.8 Å². The van der Waals surface area contributed by atoms with E-state index in [1.807, 2.05) is 28.8 Å². The van der Waals surface area contributed by atoms with Crippen molar-refractivity contribution in [1.29, 1.82) is 0 Å². The van der Waals surface area contributed by atoms with Gasteiger partial charge < -0.3 is 10.6 Å². The maximum Gasteiger partial charge on any atom is 0.232 e. The first-order chi connectivity index (χ1) is 15.0. The van der Waals surface area contributed by atoms with Crippen LogP contribution in [0.15, 0.2) is 29.4 Å². The molecule has 0 spiro atoms. The topological polar surface area (TPSA) is 85.8 Å². The van der Waals surface area contributed by atoms with Crippen molar-refractivity contribution in [3.05, 3.63) is 45.6 Å². The number of fused-ring (bicyclic) bond motifs is 1. The quantitative estimate of drug-likeness (QED) is 0.409. The summed E-state index contributed by atoms with van der Waals surface area (Å²) in [4.78, 5) is 13.7. The molecule has 0 atom stereocenters. The second-order valence-electron chi connectivity index (χ2n) is 7.54. The van der Waals surface area contributed by atoms with E-state index in [0.717, 1.165) is 58.5 Å². The molecule has 3 aromatic heterocycles. The van der Waals surface area contributed by atoms with Gasteiger partial charge in [0.25, 0.3) is 0 Å². The minimum absolute atomic E-state index is 0.535. The van der Waals surface area contributed by atoms with Crippen molar-refractivity contribution in [3.8, 4) is 5.69 Å². The fraction of sp³-hybridized carbons (Fsp3) is 0.333. The number of benzene rings is 1. The predicted molar refractivity (Wildman–Crippen MR) is 129 cm³/mol. The van der Waals surface area contributed by atoms with Crippen LogP contribution in [0.1, 0.15) is 29.1 Å². The SMILES string of the molecule is Cc1sc2nc(CSc3nnc(N4CCCC4)n3-c3ccccc3Cl)nc(N)c2c1C. The van der Waals surface area contributed by atoms with Crippen LogP contribution in [0.25, 0.3) is 15.9 Å². The van der Waals surface area contributed by atoms with Gasteiger partial charge in [0.15, 0.2) is 5.16 Å². The molecular formula is C21H22ClN7S2. The van der Waals surface area contributed by atoms with Gasteiger partial charge in [0.05, 0.1) is 21.8 Å². The zero-order valence-corrected chi connectivity index (χ0v) is 19.7. The van der Waals surface area contributed by atoms with Gasteiger partial charge in [-0.1, -0.05) is 35.5 Å². The number of para-hydroxylation sites is 1. The Morgan fingerprint density at radius 2 is 1.90 bits per heavy atom. The summed E-state index contributed by atoms with van der Waals surface area (Å²) < 4.78 is 2.04. The molecule has 10 heteroatoms. The number of nitrogen functional groups attached to an aromatic ring is 1. The number of aryl methyl sites for hydroxylation is 2. The van der Waals surface area contributed by atoms with E-state index in [2.05, 4.69) is 33.9 Å². The van der Waals surface area contributed by atoms with Crippen molar-refractivity contribution in [2.24, 2.45) is 0 Å². The van der Waals surface area contributed by atoms with Crippen molar-refractivity contribution < 1.29 is 0 Å². The number of nitrogens with zero attached hydrogens (tertiary/aromatic N) is 6. The lowest BCUT2D eigenvalue weighted by Gasteiger charge is -2.19. The number of anilines is 2. The van der Waals surface area contributed by atoms with Crippen LogP contribution in [0, 0.1) is 13.8 Å². The van der Waals surface area contributed by atoms with Gasteiger partial charge in [-0.3, -0.25) is 4.57 Å². The maximum absolute atomic E-state index is 6.54. The van der Waals surface area contributed by atoms with E-state index < -0.39 is 0 Å². The lowest BCUT2D eigenvalue weighted by molar-refractivity contribution is 0.841. The Balaban J connectivity index is 1.50. The predicted octanol–water partition coefficient (Wildman–Crippen LogP) is 5.02. The molecule has 1 saturated heterocycles. The van der Waals surface area contributed by atoms with Gasteiger partial charge in [-0.25, -0.2) is 9.97 Å². The van der Waals surface area contributed by atoms with Gasteiger partial charge in [0, 0.05) is 18.0 Å². The average Bonchev–Trinajstić information content (AvgIpc) is 3.47. The summed E-state index contributed by atoms with van der Waals surface area (Å²) in [7, 11) is 0. The second kappa shape index (κ2) is 8.29. The Morgan fingerprint density at radius 3 is 2.68 bits per heavy atom. The number of halogens is 1. The molecule has 0 aliphatic carbocycles. The summed E-state index contributed by atoms with van der Waals surface area (Å²) in [6, 6.07) is 7.78. The molecule has 0 bridgehead atoms. The first-order valence-electron chi connectivity index (χ1n) is 10.1. The second-order valence-corrected chi connectivity index (χ2v) is 10.1. The molecule has 5 rings (SSSR count). The highest BCUT2D eigenvalue weighted by atomic mass is 35.5. The van der Waals surface area contributed by atoms with Crippen molar-refractivity contribution in [3.63, 3.8) is 0 Å². The van der Waals surface area contributed by atoms with Crippen LogP contribution in [0.5, 0.6) is 0 Å². The molecule has 0 saturated carbocycles. The molecule has 31 heavy (non-hydrogen) atoms. The van der Waals surface area contributed by atoms with E-state index >= 15 is 0 Å². The number of hydrogen-bond acceptors (Lipinski definition) is 8. The van der Waals surface area contributed by atoms with Crippen molar-refractivity contribution in [1.82, 2.24) is 24.7 Å². The van der Waals surface area contributed by atoms with E-state index in [1.165, 1.54) is 16.6 Å². The summed E-state index contributed by atoms with van der Waals surface area (Å²) in [6.07, 6.45) is 2.31. The van der Waals surface area contributed by atoms with Gasteiger partial charge in [0.2, 0.25) is 5.95 Å².